The van der Waals surface area contributed by atoms with Crippen LogP contribution in [-0.2, 0) is 5.41 Å². The first-order valence-electron chi connectivity index (χ1n) is 6.40. The van der Waals surface area contributed by atoms with E-state index in [1.807, 2.05) is 11.8 Å². The van der Waals surface area contributed by atoms with Gasteiger partial charge in [0.1, 0.15) is 0 Å². The van der Waals surface area contributed by atoms with Crippen LogP contribution in [0, 0.1) is 0 Å². The molecule has 2 atom stereocenters. The molecule has 0 aromatic heterocycles. The maximum atomic E-state index is 3.46. The minimum absolute atomic E-state index is 0.237. The molecule has 2 unspecified atom stereocenters. The largest absolute Gasteiger partial charge is 0.313 e. The quantitative estimate of drug-likeness (QED) is 0.803. The van der Waals surface area contributed by atoms with Crippen molar-refractivity contribution in [1.82, 2.24) is 5.32 Å². The minimum atomic E-state index is 0.237. The summed E-state index contributed by atoms with van der Waals surface area (Å²) in [6.07, 6.45) is 1.22. The second kappa shape index (κ2) is 4.66. The summed E-state index contributed by atoms with van der Waals surface area (Å²) in [6.45, 7) is 9.15. The van der Waals surface area contributed by atoms with E-state index in [0.29, 0.717) is 11.3 Å². The highest BCUT2D eigenvalue weighted by atomic mass is 32.2. The van der Waals surface area contributed by atoms with Crippen LogP contribution < -0.4 is 5.32 Å². The van der Waals surface area contributed by atoms with Gasteiger partial charge in [0.15, 0.2) is 0 Å². The van der Waals surface area contributed by atoms with Crippen molar-refractivity contribution in [2.75, 3.05) is 7.05 Å². The fourth-order valence-corrected chi connectivity index (χ4v) is 3.60. The molecule has 0 spiro atoms. The number of hydrogen-bond acceptors (Lipinski definition) is 2. The molecular weight excluding hydrogens is 226 g/mol. The molecular formula is C15H23NS. The van der Waals surface area contributed by atoms with Gasteiger partial charge in [-0.2, -0.15) is 0 Å². The third-order valence-electron chi connectivity index (χ3n) is 3.50. The molecule has 0 saturated carbocycles. The first-order valence-corrected chi connectivity index (χ1v) is 7.28. The Bertz CT molecular complexity index is 406. The van der Waals surface area contributed by atoms with Crippen molar-refractivity contribution in [1.29, 1.82) is 0 Å². The molecule has 2 heteroatoms. The van der Waals surface area contributed by atoms with Gasteiger partial charge in [0.25, 0.3) is 0 Å². The van der Waals surface area contributed by atoms with Crippen molar-refractivity contribution in [2.45, 2.75) is 55.7 Å². The standard InChI is InChI=1S/C15H23NS/c1-10-8-13(16-5)12-9-11(15(2,3)4)6-7-14(12)17-10/h6-7,9-10,13,16H,8H2,1-5H3. The number of thioether (sulfide) groups is 1. The lowest BCUT2D eigenvalue weighted by Crippen LogP contribution is -2.25. The molecule has 1 heterocycles. The van der Waals surface area contributed by atoms with Gasteiger partial charge in [-0.3, -0.25) is 0 Å². The average Bonchev–Trinajstić information content (AvgIpc) is 2.25. The highest BCUT2D eigenvalue weighted by Crippen LogP contribution is 2.41. The molecule has 0 aliphatic carbocycles. The zero-order valence-electron chi connectivity index (χ0n) is 11.5. The number of benzene rings is 1. The molecule has 0 amide bonds. The predicted molar refractivity (Wildman–Crippen MR) is 76.9 cm³/mol. The lowest BCUT2D eigenvalue weighted by atomic mass is 9.85. The Morgan fingerprint density at radius 2 is 2.00 bits per heavy atom. The molecule has 0 bridgehead atoms. The van der Waals surface area contributed by atoms with Crippen LogP contribution in [0.5, 0.6) is 0 Å². The second-order valence-corrected chi connectivity index (χ2v) is 7.49. The van der Waals surface area contributed by atoms with Gasteiger partial charge in [0.05, 0.1) is 0 Å². The Labute approximate surface area is 109 Å². The van der Waals surface area contributed by atoms with Crippen molar-refractivity contribution in [2.24, 2.45) is 0 Å². The first-order chi connectivity index (χ1) is 7.91. The Kier molecular flexibility index (Phi) is 3.55. The van der Waals surface area contributed by atoms with Crippen LogP contribution in [0.4, 0.5) is 0 Å². The summed E-state index contributed by atoms with van der Waals surface area (Å²) in [6, 6.07) is 7.51. The SMILES string of the molecule is CNC1CC(C)Sc2ccc(C(C)(C)C)cc21. The van der Waals surface area contributed by atoms with Crippen LogP contribution in [0.15, 0.2) is 23.1 Å². The van der Waals surface area contributed by atoms with E-state index in [4.69, 9.17) is 0 Å². The number of rotatable bonds is 1. The van der Waals surface area contributed by atoms with Gasteiger partial charge in [-0.15, -0.1) is 11.8 Å². The van der Waals surface area contributed by atoms with Crippen molar-refractivity contribution >= 4 is 11.8 Å². The summed E-state index contributed by atoms with van der Waals surface area (Å²) in [5, 5.41) is 4.16. The molecule has 1 aromatic carbocycles. The molecule has 1 N–H and O–H groups in total. The molecule has 0 radical (unpaired) electrons. The monoisotopic (exact) mass is 249 g/mol. The maximum Gasteiger partial charge on any atom is 0.0339 e. The van der Waals surface area contributed by atoms with Crippen molar-refractivity contribution in [3.63, 3.8) is 0 Å². The summed E-state index contributed by atoms with van der Waals surface area (Å²) in [7, 11) is 2.07. The molecule has 17 heavy (non-hydrogen) atoms. The van der Waals surface area contributed by atoms with Crippen LogP contribution >= 0.6 is 11.8 Å². The van der Waals surface area contributed by atoms with E-state index in [-0.39, 0.29) is 5.41 Å². The molecule has 0 saturated heterocycles. The topological polar surface area (TPSA) is 12.0 Å². The van der Waals surface area contributed by atoms with Crippen LogP contribution in [-0.4, -0.2) is 12.3 Å². The normalized spacial score (nSPS) is 24.5. The molecule has 1 aliphatic rings. The maximum absolute atomic E-state index is 3.46. The third-order valence-corrected chi connectivity index (χ3v) is 4.72. The Hall–Kier alpha value is -0.470. The van der Waals surface area contributed by atoms with Crippen LogP contribution in [0.25, 0.3) is 0 Å². The molecule has 1 nitrogen and oxygen atoms in total. The van der Waals surface area contributed by atoms with Gasteiger partial charge < -0.3 is 5.32 Å². The first kappa shape index (κ1) is 13.0. The summed E-state index contributed by atoms with van der Waals surface area (Å²) in [5.74, 6) is 0. The van der Waals surface area contributed by atoms with Crippen molar-refractivity contribution in [3.05, 3.63) is 29.3 Å². The van der Waals surface area contributed by atoms with Gasteiger partial charge >= 0.3 is 0 Å². The Morgan fingerprint density at radius 3 is 2.59 bits per heavy atom. The second-order valence-electron chi connectivity index (χ2n) is 6.01. The molecule has 1 aliphatic heterocycles. The summed E-state index contributed by atoms with van der Waals surface area (Å²) >= 11 is 2.01. The van der Waals surface area contributed by atoms with E-state index in [2.05, 4.69) is 58.3 Å². The number of hydrogen-bond donors (Lipinski definition) is 1. The molecule has 2 rings (SSSR count). The van der Waals surface area contributed by atoms with E-state index in [1.165, 1.54) is 22.4 Å². The Morgan fingerprint density at radius 1 is 1.29 bits per heavy atom. The van der Waals surface area contributed by atoms with Gasteiger partial charge in [-0.25, -0.2) is 0 Å². The lowest BCUT2D eigenvalue weighted by molar-refractivity contribution is 0.525. The van der Waals surface area contributed by atoms with Gasteiger partial charge in [0, 0.05) is 16.2 Å². The number of fused-ring (bicyclic) bond motifs is 1. The molecule has 94 valence electrons. The van der Waals surface area contributed by atoms with Crippen LogP contribution in [0.3, 0.4) is 0 Å². The van der Waals surface area contributed by atoms with Crippen molar-refractivity contribution in [3.8, 4) is 0 Å². The number of nitrogens with one attached hydrogen (secondary N) is 1. The predicted octanol–water partition coefficient (Wildman–Crippen LogP) is 4.13. The lowest BCUT2D eigenvalue weighted by Gasteiger charge is -2.31. The summed E-state index contributed by atoms with van der Waals surface area (Å²) < 4.78 is 0. The Balaban J connectivity index is 2.43. The van der Waals surface area contributed by atoms with E-state index in [0.717, 1.165) is 0 Å². The highest BCUT2D eigenvalue weighted by Gasteiger charge is 2.25. The molecule has 0 fully saturated rings. The van der Waals surface area contributed by atoms with Crippen LogP contribution in [0.2, 0.25) is 0 Å². The van der Waals surface area contributed by atoms with E-state index >= 15 is 0 Å². The van der Waals surface area contributed by atoms with E-state index in [9.17, 15) is 0 Å². The van der Waals surface area contributed by atoms with E-state index in [1.54, 1.807) is 0 Å². The average molecular weight is 249 g/mol. The highest BCUT2D eigenvalue weighted by molar-refractivity contribution is 8.00. The molecule has 1 aromatic rings. The summed E-state index contributed by atoms with van der Waals surface area (Å²) in [4.78, 5) is 1.45. The van der Waals surface area contributed by atoms with Gasteiger partial charge in [0.2, 0.25) is 0 Å². The van der Waals surface area contributed by atoms with Gasteiger partial charge in [-0.05, 0) is 36.1 Å². The smallest absolute Gasteiger partial charge is 0.0339 e. The minimum Gasteiger partial charge on any atom is -0.313 e. The summed E-state index contributed by atoms with van der Waals surface area (Å²) in [5.41, 5.74) is 3.16. The van der Waals surface area contributed by atoms with Crippen LogP contribution in [0.1, 0.15) is 51.3 Å². The van der Waals surface area contributed by atoms with Crippen molar-refractivity contribution < 1.29 is 0 Å². The fourth-order valence-electron chi connectivity index (χ4n) is 2.39. The third kappa shape index (κ3) is 2.69. The fraction of sp³-hybridized carbons (Fsp3) is 0.600. The van der Waals surface area contributed by atoms with Gasteiger partial charge in [-0.1, -0.05) is 39.8 Å². The zero-order chi connectivity index (χ0) is 12.6. The zero-order valence-corrected chi connectivity index (χ0v) is 12.3. The van der Waals surface area contributed by atoms with E-state index < -0.39 is 0 Å².